The lowest BCUT2D eigenvalue weighted by Gasteiger charge is -2.38. The Kier molecular flexibility index (Phi) is 1.58. The molecule has 0 spiro atoms. The molecule has 1 saturated carbocycles. The van der Waals surface area contributed by atoms with Gasteiger partial charge >= 0.3 is 0 Å². The van der Waals surface area contributed by atoms with Gasteiger partial charge in [0.05, 0.1) is 6.10 Å². The molecule has 52 valence electrons. The molecule has 0 aromatic rings. The molecule has 1 nitrogen and oxygen atoms in total. The summed E-state index contributed by atoms with van der Waals surface area (Å²) in [6, 6.07) is 0. The van der Waals surface area contributed by atoms with E-state index in [9.17, 15) is 4.39 Å². The van der Waals surface area contributed by atoms with E-state index in [1.807, 2.05) is 0 Å². The molecule has 0 radical (unpaired) electrons. The first-order valence-electron chi connectivity index (χ1n) is 3.17. The summed E-state index contributed by atoms with van der Waals surface area (Å²) in [5.41, 5.74) is -1.33. The van der Waals surface area contributed by atoms with Crippen LogP contribution in [0.5, 0.6) is 0 Å². The maximum Gasteiger partial charge on any atom is 0.140 e. The number of hydrogen-bond donors (Lipinski definition) is 1. The van der Waals surface area contributed by atoms with Crippen molar-refractivity contribution >= 4 is 0 Å². The van der Waals surface area contributed by atoms with E-state index in [4.69, 9.17) is 5.11 Å². The summed E-state index contributed by atoms with van der Waals surface area (Å²) in [5.74, 6) is 0. The fraction of sp³-hybridized carbons (Fsp3) is 0.714. The quantitative estimate of drug-likeness (QED) is 0.560. The zero-order valence-electron chi connectivity index (χ0n) is 5.31. The highest BCUT2D eigenvalue weighted by molar-refractivity contribution is 5.00. The lowest BCUT2D eigenvalue weighted by molar-refractivity contribution is -0.0854. The van der Waals surface area contributed by atoms with Crippen molar-refractivity contribution in [2.24, 2.45) is 0 Å². The molecule has 1 aliphatic rings. The third-order valence-corrected chi connectivity index (χ3v) is 1.91. The maximum atomic E-state index is 13.0. The van der Waals surface area contributed by atoms with Crippen LogP contribution in [0.2, 0.25) is 0 Å². The molecule has 0 saturated heterocycles. The Labute approximate surface area is 54.2 Å². The lowest BCUT2D eigenvalue weighted by atomic mass is 9.76. The Morgan fingerprint density at radius 3 is 2.67 bits per heavy atom. The molecule has 2 heteroatoms. The summed E-state index contributed by atoms with van der Waals surface area (Å²) in [4.78, 5) is 0. The first kappa shape index (κ1) is 6.75. The van der Waals surface area contributed by atoms with E-state index in [-0.39, 0.29) is 6.42 Å². The van der Waals surface area contributed by atoms with Gasteiger partial charge in [-0.3, -0.25) is 0 Å². The molecular weight excluding hydrogens is 119 g/mol. The van der Waals surface area contributed by atoms with Gasteiger partial charge in [-0.15, -0.1) is 6.58 Å². The van der Waals surface area contributed by atoms with Gasteiger partial charge in [0, 0.05) is 6.42 Å². The van der Waals surface area contributed by atoms with E-state index in [1.165, 1.54) is 6.08 Å². The average Bonchev–Trinajstić information content (AvgIpc) is 1.86. The van der Waals surface area contributed by atoms with Crippen LogP contribution in [0.4, 0.5) is 4.39 Å². The van der Waals surface area contributed by atoms with Crippen LogP contribution in [0.15, 0.2) is 12.7 Å². The second-order valence-electron chi connectivity index (χ2n) is 2.58. The third kappa shape index (κ3) is 0.990. The van der Waals surface area contributed by atoms with Gasteiger partial charge in [0.25, 0.3) is 0 Å². The van der Waals surface area contributed by atoms with Crippen molar-refractivity contribution in [3.05, 3.63) is 12.7 Å². The molecule has 0 aliphatic heterocycles. The molecule has 1 fully saturated rings. The smallest absolute Gasteiger partial charge is 0.140 e. The van der Waals surface area contributed by atoms with Crippen LogP contribution in [-0.2, 0) is 0 Å². The zero-order chi connectivity index (χ0) is 6.91. The van der Waals surface area contributed by atoms with Gasteiger partial charge in [-0.05, 0) is 12.8 Å². The Hall–Kier alpha value is -0.370. The second-order valence-corrected chi connectivity index (χ2v) is 2.58. The van der Waals surface area contributed by atoms with Gasteiger partial charge in [-0.1, -0.05) is 6.08 Å². The maximum absolute atomic E-state index is 13.0. The van der Waals surface area contributed by atoms with Gasteiger partial charge in [0.15, 0.2) is 0 Å². The summed E-state index contributed by atoms with van der Waals surface area (Å²) in [6.07, 6.45) is 2.15. The van der Waals surface area contributed by atoms with Crippen molar-refractivity contribution in [1.82, 2.24) is 0 Å². The van der Waals surface area contributed by atoms with Crippen LogP contribution >= 0.6 is 0 Å². The largest absolute Gasteiger partial charge is 0.390 e. The van der Waals surface area contributed by atoms with Gasteiger partial charge in [0.1, 0.15) is 5.67 Å². The summed E-state index contributed by atoms with van der Waals surface area (Å²) in [5, 5.41) is 8.88. The molecule has 2 unspecified atom stereocenters. The van der Waals surface area contributed by atoms with Gasteiger partial charge in [0.2, 0.25) is 0 Å². The van der Waals surface area contributed by atoms with Crippen molar-refractivity contribution in [1.29, 1.82) is 0 Å². The van der Waals surface area contributed by atoms with Crippen molar-refractivity contribution in [2.75, 3.05) is 0 Å². The van der Waals surface area contributed by atoms with E-state index in [2.05, 4.69) is 6.58 Å². The highest BCUT2D eigenvalue weighted by atomic mass is 19.1. The van der Waals surface area contributed by atoms with E-state index < -0.39 is 11.8 Å². The molecule has 0 amide bonds. The molecule has 0 bridgehead atoms. The van der Waals surface area contributed by atoms with E-state index in [0.29, 0.717) is 12.8 Å². The summed E-state index contributed by atoms with van der Waals surface area (Å²) in [6.45, 7) is 3.41. The number of halogens is 1. The molecule has 1 rings (SSSR count). The van der Waals surface area contributed by atoms with Crippen LogP contribution in [0.1, 0.15) is 19.3 Å². The third-order valence-electron chi connectivity index (χ3n) is 1.91. The highest BCUT2D eigenvalue weighted by Gasteiger charge is 2.45. The highest BCUT2D eigenvalue weighted by Crippen LogP contribution is 2.39. The summed E-state index contributed by atoms with van der Waals surface area (Å²) < 4.78 is 13.0. The van der Waals surface area contributed by atoms with E-state index in [0.717, 1.165) is 0 Å². The van der Waals surface area contributed by atoms with Crippen LogP contribution < -0.4 is 0 Å². The molecule has 1 aliphatic carbocycles. The minimum Gasteiger partial charge on any atom is -0.390 e. The summed E-state index contributed by atoms with van der Waals surface area (Å²) >= 11 is 0. The second kappa shape index (κ2) is 2.10. The van der Waals surface area contributed by atoms with Crippen LogP contribution in [0.3, 0.4) is 0 Å². The van der Waals surface area contributed by atoms with Crippen molar-refractivity contribution in [2.45, 2.75) is 31.0 Å². The van der Waals surface area contributed by atoms with Crippen molar-refractivity contribution in [3.63, 3.8) is 0 Å². The minimum atomic E-state index is -1.33. The zero-order valence-corrected chi connectivity index (χ0v) is 5.31. The van der Waals surface area contributed by atoms with E-state index in [1.54, 1.807) is 0 Å². The number of aliphatic hydroxyl groups is 1. The number of hydrogen-bond acceptors (Lipinski definition) is 1. The molecule has 0 aromatic carbocycles. The molecule has 0 heterocycles. The number of rotatable bonds is 2. The molecular formula is C7H11FO. The van der Waals surface area contributed by atoms with Crippen LogP contribution in [-0.4, -0.2) is 16.9 Å². The van der Waals surface area contributed by atoms with Gasteiger partial charge in [-0.25, -0.2) is 4.39 Å². The summed E-state index contributed by atoms with van der Waals surface area (Å²) in [7, 11) is 0. The molecule has 0 aromatic heterocycles. The lowest BCUT2D eigenvalue weighted by Crippen LogP contribution is -2.47. The fourth-order valence-corrected chi connectivity index (χ4v) is 1.06. The monoisotopic (exact) mass is 130 g/mol. The Morgan fingerprint density at radius 1 is 1.89 bits per heavy atom. The SMILES string of the molecule is C=CCC1(F)CCC1O. The first-order chi connectivity index (χ1) is 4.19. The predicted molar refractivity (Wildman–Crippen MR) is 33.9 cm³/mol. The Bertz CT molecular complexity index is 124. The van der Waals surface area contributed by atoms with Crippen LogP contribution in [0.25, 0.3) is 0 Å². The topological polar surface area (TPSA) is 20.2 Å². The minimum absolute atomic E-state index is 0.286. The first-order valence-corrected chi connectivity index (χ1v) is 3.17. The number of alkyl halides is 1. The average molecular weight is 130 g/mol. The fourth-order valence-electron chi connectivity index (χ4n) is 1.06. The standard InChI is InChI=1S/C7H11FO/c1-2-4-7(8)5-3-6(7)9/h2,6,9H,1,3-5H2. The Balaban J connectivity index is 2.43. The normalized spacial score (nSPS) is 41.8. The van der Waals surface area contributed by atoms with Crippen LogP contribution in [0, 0.1) is 0 Å². The molecule has 9 heavy (non-hydrogen) atoms. The Morgan fingerprint density at radius 2 is 2.56 bits per heavy atom. The van der Waals surface area contributed by atoms with E-state index >= 15 is 0 Å². The number of aliphatic hydroxyl groups excluding tert-OH is 1. The van der Waals surface area contributed by atoms with Crippen molar-refractivity contribution < 1.29 is 9.50 Å². The molecule has 2 atom stereocenters. The number of allylic oxidation sites excluding steroid dienone is 1. The van der Waals surface area contributed by atoms with Crippen molar-refractivity contribution in [3.8, 4) is 0 Å². The predicted octanol–water partition coefficient (Wildman–Crippen LogP) is 1.43. The van der Waals surface area contributed by atoms with Gasteiger partial charge < -0.3 is 5.11 Å². The molecule has 1 N–H and O–H groups in total. The van der Waals surface area contributed by atoms with Gasteiger partial charge in [-0.2, -0.15) is 0 Å².